The summed E-state index contributed by atoms with van der Waals surface area (Å²) in [5, 5.41) is 0. The van der Waals surface area contributed by atoms with Gasteiger partial charge in [0.05, 0.1) is 0 Å². The van der Waals surface area contributed by atoms with E-state index in [0.29, 0.717) is 30.3 Å². The summed E-state index contributed by atoms with van der Waals surface area (Å²) in [5.74, 6) is -9.34. The second-order valence-corrected chi connectivity index (χ2v) is 11.4. The van der Waals surface area contributed by atoms with Crippen LogP contribution in [0.4, 0.5) is 35.1 Å². The van der Waals surface area contributed by atoms with Crippen LogP contribution in [0.25, 0.3) is 22.5 Å². The number of hydrogen-bond donors (Lipinski definition) is 0. The van der Waals surface area contributed by atoms with Gasteiger partial charge < -0.3 is 4.74 Å². The minimum Gasteiger partial charge on any atom is -0.429 e. The Hall–Kier alpha value is -4.02. The Kier molecular flexibility index (Phi) is 9.74. The fourth-order valence-electron chi connectivity index (χ4n) is 5.85. The Morgan fingerprint density at radius 2 is 1.33 bits per heavy atom. The number of ether oxygens (including phenoxy) is 1. The van der Waals surface area contributed by atoms with E-state index in [-0.39, 0.29) is 17.3 Å². The summed E-state index contributed by atoms with van der Waals surface area (Å²) >= 11 is 0. The fraction of sp³-hybridized carbons (Fsp3) is 0.353. The summed E-state index contributed by atoms with van der Waals surface area (Å²) in [4.78, 5) is 8.46. The molecule has 0 radical (unpaired) electrons. The molecule has 1 aliphatic rings. The van der Waals surface area contributed by atoms with E-state index in [2.05, 4.69) is 21.6 Å². The van der Waals surface area contributed by atoms with Crippen LogP contribution in [-0.4, -0.2) is 9.97 Å². The van der Waals surface area contributed by atoms with Gasteiger partial charge in [0, 0.05) is 29.6 Å². The number of aromatic nitrogens is 2. The molecule has 0 atom stereocenters. The molecule has 3 nitrogen and oxygen atoms in total. The number of halogens is 8. The van der Waals surface area contributed by atoms with Gasteiger partial charge in [-0.25, -0.2) is 36.3 Å². The van der Waals surface area contributed by atoms with Crippen LogP contribution in [0.5, 0.6) is 5.75 Å². The van der Waals surface area contributed by atoms with Crippen LogP contribution in [0.2, 0.25) is 0 Å². The van der Waals surface area contributed by atoms with Gasteiger partial charge in [0.25, 0.3) is 0 Å². The zero-order chi connectivity index (χ0) is 32.3. The van der Waals surface area contributed by atoms with Crippen LogP contribution in [-0.2, 0) is 6.11 Å². The van der Waals surface area contributed by atoms with Gasteiger partial charge in [-0.15, -0.1) is 0 Å². The maximum atomic E-state index is 15.0. The van der Waals surface area contributed by atoms with Gasteiger partial charge >= 0.3 is 6.11 Å². The van der Waals surface area contributed by atoms with Crippen LogP contribution >= 0.6 is 0 Å². The molecule has 0 spiro atoms. The number of unbranched alkanes of at least 4 members (excludes halogenated alkanes) is 2. The summed E-state index contributed by atoms with van der Waals surface area (Å²) in [5.41, 5.74) is -1.83. The molecule has 11 heteroatoms. The standard InChI is InChI=1S/C34H30F8N2O/c1-2-3-4-5-19-6-8-20(9-7-19)23-17-43-33(44-18-23)22-14-27(36)31(28(37)15-22)34(41,42)45-24-10-11-25(26(35)16-24)21-12-29(38)32(40)30(39)13-21/h10-20H,2-9H2,1H3. The molecule has 0 N–H and O–H groups in total. The van der Waals surface area contributed by atoms with Gasteiger partial charge in [0.1, 0.15) is 28.8 Å². The highest BCUT2D eigenvalue weighted by molar-refractivity contribution is 5.65. The third kappa shape index (κ3) is 7.28. The first kappa shape index (κ1) is 32.4. The molecule has 1 fully saturated rings. The molecular weight excluding hydrogens is 604 g/mol. The van der Waals surface area contributed by atoms with Crippen molar-refractivity contribution in [1.29, 1.82) is 0 Å². The van der Waals surface area contributed by atoms with Crippen molar-refractivity contribution in [3.8, 4) is 28.3 Å². The molecular formula is C34H30F8N2O. The average Bonchev–Trinajstić information content (AvgIpc) is 2.99. The van der Waals surface area contributed by atoms with Gasteiger partial charge in [0.15, 0.2) is 23.3 Å². The van der Waals surface area contributed by atoms with E-state index < -0.39 is 63.5 Å². The number of rotatable bonds is 10. The van der Waals surface area contributed by atoms with Crippen molar-refractivity contribution in [3.05, 3.63) is 101 Å². The second kappa shape index (κ2) is 13.5. The van der Waals surface area contributed by atoms with Crippen molar-refractivity contribution < 1.29 is 39.9 Å². The van der Waals surface area contributed by atoms with Gasteiger partial charge in [0.2, 0.25) is 0 Å². The Morgan fingerprint density at radius 3 is 1.91 bits per heavy atom. The minimum atomic E-state index is -4.59. The van der Waals surface area contributed by atoms with Crippen molar-refractivity contribution >= 4 is 0 Å². The highest BCUT2D eigenvalue weighted by Crippen LogP contribution is 2.39. The van der Waals surface area contributed by atoms with E-state index in [0.717, 1.165) is 49.3 Å². The summed E-state index contributed by atoms with van der Waals surface area (Å²) in [6.45, 7) is 2.18. The van der Waals surface area contributed by atoms with E-state index in [1.54, 1.807) is 12.4 Å². The van der Waals surface area contributed by atoms with Gasteiger partial charge in [-0.1, -0.05) is 32.6 Å². The van der Waals surface area contributed by atoms with E-state index in [1.165, 1.54) is 25.7 Å². The van der Waals surface area contributed by atoms with Crippen LogP contribution in [0.1, 0.15) is 75.3 Å². The van der Waals surface area contributed by atoms with Crippen molar-refractivity contribution in [2.75, 3.05) is 0 Å². The Labute approximate surface area is 255 Å². The third-order valence-corrected chi connectivity index (χ3v) is 8.28. The van der Waals surface area contributed by atoms with Crippen molar-refractivity contribution in [2.24, 2.45) is 5.92 Å². The minimum absolute atomic E-state index is 0.0492. The smallest absolute Gasteiger partial charge is 0.429 e. The zero-order valence-corrected chi connectivity index (χ0v) is 24.3. The molecule has 1 aliphatic carbocycles. The van der Waals surface area contributed by atoms with Crippen molar-refractivity contribution in [3.63, 3.8) is 0 Å². The third-order valence-electron chi connectivity index (χ3n) is 8.28. The van der Waals surface area contributed by atoms with Crippen LogP contribution in [0.15, 0.2) is 54.9 Å². The van der Waals surface area contributed by atoms with Crippen LogP contribution < -0.4 is 4.74 Å². The van der Waals surface area contributed by atoms with E-state index >= 15 is 0 Å². The monoisotopic (exact) mass is 634 g/mol. The SMILES string of the molecule is CCCCCC1CCC(c2cnc(-c3cc(F)c(C(F)(F)Oc4ccc(-c5cc(F)c(F)c(F)c5)c(F)c4)c(F)c3)nc2)CC1. The quantitative estimate of drug-likeness (QED) is 0.0989. The van der Waals surface area contributed by atoms with Gasteiger partial charge in [-0.2, -0.15) is 8.78 Å². The maximum Gasteiger partial charge on any atom is 0.432 e. The molecule has 238 valence electrons. The molecule has 1 heterocycles. The lowest BCUT2D eigenvalue weighted by Gasteiger charge is -2.28. The topological polar surface area (TPSA) is 35.0 Å². The molecule has 1 saturated carbocycles. The van der Waals surface area contributed by atoms with Crippen LogP contribution in [0.3, 0.4) is 0 Å². The Morgan fingerprint density at radius 1 is 0.733 bits per heavy atom. The van der Waals surface area contributed by atoms with Crippen molar-refractivity contribution in [1.82, 2.24) is 9.97 Å². The highest BCUT2D eigenvalue weighted by Gasteiger charge is 2.41. The first-order valence-corrected chi connectivity index (χ1v) is 14.8. The summed E-state index contributed by atoms with van der Waals surface area (Å²) < 4.78 is 119. The van der Waals surface area contributed by atoms with E-state index in [9.17, 15) is 35.1 Å². The highest BCUT2D eigenvalue weighted by atomic mass is 19.3. The largest absolute Gasteiger partial charge is 0.432 e. The molecule has 1 aromatic heterocycles. The summed E-state index contributed by atoms with van der Waals surface area (Å²) in [6, 6.07) is 4.47. The molecule has 0 saturated heterocycles. The molecule has 45 heavy (non-hydrogen) atoms. The molecule has 0 bridgehead atoms. The predicted molar refractivity (Wildman–Crippen MR) is 152 cm³/mol. The van der Waals surface area contributed by atoms with Crippen LogP contribution in [0, 0.1) is 40.8 Å². The number of hydrogen-bond acceptors (Lipinski definition) is 3. The Balaban J connectivity index is 1.28. The number of nitrogens with zero attached hydrogens (tertiary/aromatic N) is 2. The first-order chi connectivity index (χ1) is 21.5. The first-order valence-electron chi connectivity index (χ1n) is 14.8. The Bertz CT molecular complexity index is 1610. The molecule has 0 aliphatic heterocycles. The summed E-state index contributed by atoms with van der Waals surface area (Å²) in [7, 11) is 0. The second-order valence-electron chi connectivity index (χ2n) is 11.4. The van der Waals surface area contributed by atoms with Gasteiger partial charge in [-0.3, -0.25) is 0 Å². The lowest BCUT2D eigenvalue weighted by atomic mass is 9.77. The molecule has 5 rings (SSSR count). The van der Waals surface area contributed by atoms with Gasteiger partial charge in [-0.05, 0) is 85.0 Å². The fourth-order valence-corrected chi connectivity index (χ4v) is 5.85. The number of alkyl halides is 2. The lowest BCUT2D eigenvalue weighted by Crippen LogP contribution is -2.25. The van der Waals surface area contributed by atoms with E-state index in [4.69, 9.17) is 0 Å². The zero-order valence-electron chi connectivity index (χ0n) is 24.3. The average molecular weight is 635 g/mol. The molecule has 3 aromatic carbocycles. The lowest BCUT2D eigenvalue weighted by molar-refractivity contribution is -0.189. The maximum absolute atomic E-state index is 15.0. The normalized spacial score (nSPS) is 17.0. The van der Waals surface area contributed by atoms with Crippen molar-refractivity contribution in [2.45, 2.75) is 70.3 Å². The predicted octanol–water partition coefficient (Wildman–Crippen LogP) is 10.6. The molecule has 4 aromatic rings. The van der Waals surface area contributed by atoms with E-state index in [1.807, 2.05) is 0 Å². The molecule has 0 amide bonds. The number of benzene rings is 3. The summed E-state index contributed by atoms with van der Waals surface area (Å²) in [6.07, 6.45) is 7.76. The molecule has 0 unspecified atom stereocenters.